The molecule has 2 rings (SSSR count). The van der Waals surface area contributed by atoms with Gasteiger partial charge in [-0.1, -0.05) is 12.1 Å². The summed E-state index contributed by atoms with van der Waals surface area (Å²) in [7, 11) is 2.91. The third-order valence-corrected chi connectivity index (χ3v) is 9.27. The van der Waals surface area contributed by atoms with Crippen LogP contribution in [0.2, 0.25) is 0 Å². The standard InChI is InChI=1S/C8H9O2PS2/c1-2-10-7-5-3-4-6-8(7)11(9)12-13-11/h3-6H,2H2,1H3. The number of para-hydroxylation sites is 1. The average molecular weight is 232 g/mol. The summed E-state index contributed by atoms with van der Waals surface area (Å²) in [6, 6.07) is 7.56. The van der Waals surface area contributed by atoms with Crippen molar-refractivity contribution in [2.24, 2.45) is 0 Å². The summed E-state index contributed by atoms with van der Waals surface area (Å²) < 4.78 is 17.3. The first kappa shape index (κ1) is 9.50. The smallest absolute Gasteiger partial charge is 0.244 e. The van der Waals surface area contributed by atoms with Crippen LogP contribution in [-0.4, -0.2) is 6.61 Å². The summed E-state index contributed by atoms with van der Waals surface area (Å²) in [6.07, 6.45) is 0. The Balaban J connectivity index is 2.38. The Labute approximate surface area is 84.7 Å². The van der Waals surface area contributed by atoms with Gasteiger partial charge in [-0.25, -0.2) is 0 Å². The molecule has 0 aliphatic carbocycles. The van der Waals surface area contributed by atoms with Gasteiger partial charge in [0, 0.05) is 0 Å². The molecule has 0 unspecified atom stereocenters. The van der Waals surface area contributed by atoms with Crippen molar-refractivity contribution in [3.63, 3.8) is 0 Å². The number of rotatable bonds is 3. The summed E-state index contributed by atoms with van der Waals surface area (Å²) in [4.78, 5) is 0. The summed E-state index contributed by atoms with van der Waals surface area (Å²) in [6.45, 7) is 2.55. The molecule has 1 saturated heterocycles. The van der Waals surface area contributed by atoms with Gasteiger partial charge in [-0.15, -0.1) is 0 Å². The van der Waals surface area contributed by atoms with E-state index in [1.807, 2.05) is 31.2 Å². The fourth-order valence-corrected chi connectivity index (χ4v) is 7.16. The van der Waals surface area contributed by atoms with E-state index >= 15 is 0 Å². The Kier molecular flexibility index (Phi) is 2.63. The lowest BCUT2D eigenvalue weighted by Gasteiger charge is -2.06. The maximum Gasteiger partial charge on any atom is 0.244 e. The van der Waals surface area contributed by atoms with Gasteiger partial charge in [-0.3, -0.25) is 4.57 Å². The third kappa shape index (κ3) is 1.90. The maximum atomic E-state index is 11.9. The van der Waals surface area contributed by atoms with Crippen LogP contribution in [0.15, 0.2) is 24.3 Å². The number of ether oxygens (including phenoxy) is 1. The zero-order chi connectivity index (χ0) is 9.31. The highest BCUT2D eigenvalue weighted by Gasteiger charge is 2.44. The average Bonchev–Trinajstić information content (AvgIpc) is 2.86. The number of hydrogen-bond donors (Lipinski definition) is 0. The highest BCUT2D eigenvalue weighted by molar-refractivity contribution is 9.46. The van der Waals surface area contributed by atoms with E-state index < -0.39 is 5.55 Å². The Morgan fingerprint density at radius 1 is 1.38 bits per heavy atom. The monoisotopic (exact) mass is 232 g/mol. The highest BCUT2D eigenvalue weighted by atomic mass is 33.8. The van der Waals surface area contributed by atoms with E-state index in [4.69, 9.17) is 4.74 Å². The second-order valence-electron chi connectivity index (χ2n) is 2.55. The van der Waals surface area contributed by atoms with Crippen molar-refractivity contribution in [3.8, 4) is 5.75 Å². The molecular weight excluding hydrogens is 223 g/mol. The van der Waals surface area contributed by atoms with Crippen LogP contribution in [-0.2, 0) is 4.57 Å². The molecule has 0 amide bonds. The molecular formula is C8H9O2PS2. The summed E-state index contributed by atoms with van der Waals surface area (Å²) in [5.74, 6) is 0.769. The van der Waals surface area contributed by atoms with E-state index in [1.165, 1.54) is 20.8 Å². The fraction of sp³-hybridized carbons (Fsp3) is 0.250. The molecule has 5 heteroatoms. The maximum absolute atomic E-state index is 11.9. The van der Waals surface area contributed by atoms with Gasteiger partial charge in [0.1, 0.15) is 5.75 Å². The molecule has 70 valence electrons. The molecule has 0 spiro atoms. The van der Waals surface area contributed by atoms with Crippen LogP contribution < -0.4 is 10.0 Å². The minimum absolute atomic E-state index is 0.617. The van der Waals surface area contributed by atoms with Gasteiger partial charge >= 0.3 is 0 Å². The van der Waals surface area contributed by atoms with Gasteiger partial charge in [0.2, 0.25) is 5.55 Å². The van der Waals surface area contributed by atoms with E-state index in [-0.39, 0.29) is 0 Å². The zero-order valence-electron chi connectivity index (χ0n) is 7.10. The van der Waals surface area contributed by atoms with Gasteiger partial charge in [0.05, 0.1) is 11.9 Å². The molecule has 0 radical (unpaired) electrons. The van der Waals surface area contributed by atoms with Crippen LogP contribution in [0.3, 0.4) is 0 Å². The summed E-state index contributed by atoms with van der Waals surface area (Å²) in [5, 5.41) is 0.867. The second-order valence-corrected chi connectivity index (χ2v) is 11.7. The molecule has 1 heterocycles. The molecule has 0 bridgehead atoms. The largest absolute Gasteiger partial charge is 0.493 e. The third-order valence-electron chi connectivity index (χ3n) is 1.67. The quantitative estimate of drug-likeness (QED) is 0.454. The van der Waals surface area contributed by atoms with Crippen molar-refractivity contribution in [2.75, 3.05) is 6.61 Å². The second kappa shape index (κ2) is 3.60. The van der Waals surface area contributed by atoms with Crippen molar-refractivity contribution < 1.29 is 9.30 Å². The molecule has 0 aromatic heterocycles. The predicted octanol–water partition coefficient (Wildman–Crippen LogP) is 3.30. The minimum Gasteiger partial charge on any atom is -0.493 e. The predicted molar refractivity (Wildman–Crippen MR) is 60.0 cm³/mol. The Hall–Kier alpha value is -0.0500. The molecule has 0 atom stereocenters. The number of hydrogen-bond acceptors (Lipinski definition) is 4. The first-order valence-electron chi connectivity index (χ1n) is 3.97. The fourth-order valence-electron chi connectivity index (χ4n) is 1.07. The van der Waals surface area contributed by atoms with Gasteiger partial charge in [0.15, 0.2) is 0 Å². The SMILES string of the molecule is CCOc1ccccc1P1(=O)SS1. The summed E-state index contributed by atoms with van der Waals surface area (Å²) >= 11 is 0. The molecule has 1 aliphatic heterocycles. The molecule has 0 N–H and O–H groups in total. The highest BCUT2D eigenvalue weighted by Crippen LogP contribution is 2.94. The zero-order valence-corrected chi connectivity index (χ0v) is 9.62. The molecule has 2 nitrogen and oxygen atoms in total. The van der Waals surface area contributed by atoms with Crippen molar-refractivity contribution in [3.05, 3.63) is 24.3 Å². The van der Waals surface area contributed by atoms with E-state index in [1.54, 1.807) is 0 Å². The van der Waals surface area contributed by atoms with Crippen molar-refractivity contribution in [1.82, 2.24) is 0 Å². The molecule has 1 aromatic rings. The molecule has 1 fully saturated rings. The van der Waals surface area contributed by atoms with Crippen molar-refractivity contribution in [2.45, 2.75) is 6.92 Å². The van der Waals surface area contributed by atoms with Crippen LogP contribution in [0.1, 0.15) is 6.92 Å². The van der Waals surface area contributed by atoms with E-state index in [9.17, 15) is 4.57 Å². The minimum atomic E-state index is -2.13. The Morgan fingerprint density at radius 3 is 2.69 bits per heavy atom. The van der Waals surface area contributed by atoms with Crippen molar-refractivity contribution >= 4 is 31.7 Å². The summed E-state index contributed by atoms with van der Waals surface area (Å²) in [5.41, 5.74) is -2.13. The van der Waals surface area contributed by atoms with Crippen LogP contribution in [0, 0.1) is 0 Å². The van der Waals surface area contributed by atoms with Crippen LogP contribution in [0.25, 0.3) is 0 Å². The van der Waals surface area contributed by atoms with Crippen LogP contribution in [0.4, 0.5) is 0 Å². The first-order chi connectivity index (χ1) is 6.26. The molecule has 13 heavy (non-hydrogen) atoms. The lowest BCUT2D eigenvalue weighted by atomic mass is 10.3. The lowest BCUT2D eigenvalue weighted by molar-refractivity contribution is 0.343. The van der Waals surface area contributed by atoms with Gasteiger partial charge < -0.3 is 4.74 Å². The van der Waals surface area contributed by atoms with Gasteiger partial charge in [-0.2, -0.15) is 0 Å². The Morgan fingerprint density at radius 2 is 2.08 bits per heavy atom. The van der Waals surface area contributed by atoms with E-state index in [0.717, 1.165) is 11.1 Å². The molecule has 1 aliphatic rings. The van der Waals surface area contributed by atoms with Gasteiger partial charge in [0.25, 0.3) is 0 Å². The van der Waals surface area contributed by atoms with E-state index in [0.29, 0.717) is 6.61 Å². The first-order valence-corrected chi connectivity index (χ1v) is 9.03. The van der Waals surface area contributed by atoms with Crippen LogP contribution in [0.5, 0.6) is 5.75 Å². The van der Waals surface area contributed by atoms with Crippen molar-refractivity contribution in [1.29, 1.82) is 0 Å². The normalized spacial score (nSPS) is 18.2. The molecule has 1 aromatic carbocycles. The van der Waals surface area contributed by atoms with E-state index in [2.05, 4.69) is 0 Å². The lowest BCUT2D eigenvalue weighted by Crippen LogP contribution is -2.03. The number of benzene rings is 1. The topological polar surface area (TPSA) is 26.3 Å². The Bertz CT molecular complexity index is 359. The van der Waals surface area contributed by atoms with Crippen LogP contribution >= 0.6 is 26.4 Å². The molecule has 0 saturated carbocycles. The van der Waals surface area contributed by atoms with Gasteiger partial charge in [-0.05, 0) is 39.9 Å².